The Morgan fingerprint density at radius 2 is 1.65 bits per heavy atom. The van der Waals surface area contributed by atoms with Gasteiger partial charge in [-0.25, -0.2) is 4.98 Å². The van der Waals surface area contributed by atoms with Gasteiger partial charge in [0.1, 0.15) is 0 Å². The van der Waals surface area contributed by atoms with Gasteiger partial charge in [0.2, 0.25) is 0 Å². The maximum Gasteiger partial charge on any atom is 0.0946 e. The van der Waals surface area contributed by atoms with Crippen molar-refractivity contribution in [1.82, 2.24) is 14.5 Å². The lowest BCUT2D eigenvalue weighted by atomic mass is 9.93. The van der Waals surface area contributed by atoms with Gasteiger partial charge in [-0.3, -0.25) is 4.90 Å². The highest BCUT2D eigenvalue weighted by Crippen LogP contribution is 2.28. The standard InChI is InChI=1S/C14H27N3/c1-12(10-16-9-8-15-11-16)17(13(2,3)4)14(5,6)7/h8-9,11-12H,10H2,1-7H3. The van der Waals surface area contributed by atoms with Crippen LogP contribution < -0.4 is 0 Å². The summed E-state index contributed by atoms with van der Waals surface area (Å²) in [7, 11) is 0. The third-order valence-electron chi connectivity index (χ3n) is 2.92. The molecular formula is C14H27N3. The van der Waals surface area contributed by atoms with Crippen LogP contribution in [-0.2, 0) is 6.54 Å². The SMILES string of the molecule is CC(Cn1ccnc1)N(C(C)(C)C)C(C)(C)C. The van der Waals surface area contributed by atoms with Crippen molar-refractivity contribution in [3.05, 3.63) is 18.7 Å². The molecule has 0 aliphatic carbocycles. The van der Waals surface area contributed by atoms with Gasteiger partial charge in [0.15, 0.2) is 0 Å². The Hall–Kier alpha value is -0.830. The van der Waals surface area contributed by atoms with Crippen LogP contribution in [0.3, 0.4) is 0 Å². The van der Waals surface area contributed by atoms with E-state index in [9.17, 15) is 0 Å². The molecule has 1 unspecified atom stereocenters. The highest BCUT2D eigenvalue weighted by atomic mass is 15.3. The molecule has 1 aromatic rings. The van der Waals surface area contributed by atoms with Crippen molar-refractivity contribution in [2.45, 2.75) is 72.1 Å². The zero-order valence-corrected chi connectivity index (χ0v) is 12.4. The van der Waals surface area contributed by atoms with Gasteiger partial charge < -0.3 is 4.57 Å². The van der Waals surface area contributed by atoms with E-state index in [0.717, 1.165) is 6.54 Å². The predicted molar refractivity (Wildman–Crippen MR) is 73.0 cm³/mol. The normalized spacial score (nSPS) is 15.3. The van der Waals surface area contributed by atoms with Crippen molar-refractivity contribution in [3.63, 3.8) is 0 Å². The number of hydrogen-bond donors (Lipinski definition) is 0. The van der Waals surface area contributed by atoms with E-state index in [4.69, 9.17) is 0 Å². The van der Waals surface area contributed by atoms with Crippen molar-refractivity contribution in [2.75, 3.05) is 0 Å². The maximum atomic E-state index is 4.10. The monoisotopic (exact) mass is 237 g/mol. The third-order valence-corrected chi connectivity index (χ3v) is 2.92. The van der Waals surface area contributed by atoms with E-state index in [1.165, 1.54) is 0 Å². The average Bonchev–Trinajstić information content (AvgIpc) is 2.49. The van der Waals surface area contributed by atoms with Gasteiger partial charge in [0, 0.05) is 36.1 Å². The predicted octanol–water partition coefficient (Wildman–Crippen LogP) is 3.17. The van der Waals surface area contributed by atoms with E-state index in [0.29, 0.717) is 6.04 Å². The molecule has 0 aromatic carbocycles. The van der Waals surface area contributed by atoms with Crippen LogP contribution in [0.1, 0.15) is 48.5 Å². The summed E-state index contributed by atoms with van der Waals surface area (Å²) in [6, 6.07) is 0.476. The summed E-state index contributed by atoms with van der Waals surface area (Å²) in [5.41, 5.74) is 0.330. The van der Waals surface area contributed by atoms with E-state index in [2.05, 4.69) is 62.9 Å². The van der Waals surface area contributed by atoms with Crippen LogP contribution in [0.4, 0.5) is 0 Å². The Bertz CT molecular complexity index is 313. The molecule has 0 amide bonds. The molecule has 0 fully saturated rings. The average molecular weight is 237 g/mol. The minimum absolute atomic E-state index is 0.165. The molecule has 0 N–H and O–H groups in total. The molecule has 17 heavy (non-hydrogen) atoms. The first-order valence-corrected chi connectivity index (χ1v) is 6.37. The van der Waals surface area contributed by atoms with Crippen molar-refractivity contribution in [1.29, 1.82) is 0 Å². The highest BCUT2D eigenvalue weighted by molar-refractivity contribution is 4.91. The summed E-state index contributed by atoms with van der Waals surface area (Å²) in [5, 5.41) is 0. The molecule has 1 atom stereocenters. The molecule has 0 aliphatic heterocycles. The summed E-state index contributed by atoms with van der Waals surface area (Å²) in [4.78, 5) is 6.67. The van der Waals surface area contributed by atoms with Crippen LogP contribution in [0.15, 0.2) is 18.7 Å². The van der Waals surface area contributed by atoms with Crippen molar-refractivity contribution in [2.24, 2.45) is 0 Å². The highest BCUT2D eigenvalue weighted by Gasteiger charge is 2.35. The first-order valence-electron chi connectivity index (χ1n) is 6.37. The van der Waals surface area contributed by atoms with Gasteiger partial charge in [-0.05, 0) is 48.5 Å². The van der Waals surface area contributed by atoms with Crippen LogP contribution in [-0.4, -0.2) is 31.6 Å². The Balaban J connectivity index is 2.84. The molecule has 0 bridgehead atoms. The largest absolute Gasteiger partial charge is 0.336 e. The molecule has 0 saturated carbocycles. The first-order chi connectivity index (χ1) is 7.62. The minimum atomic E-state index is 0.165. The molecule has 0 spiro atoms. The van der Waals surface area contributed by atoms with Crippen molar-refractivity contribution >= 4 is 0 Å². The van der Waals surface area contributed by atoms with E-state index >= 15 is 0 Å². The molecule has 0 saturated heterocycles. The zero-order valence-electron chi connectivity index (χ0n) is 12.4. The van der Waals surface area contributed by atoms with Crippen molar-refractivity contribution in [3.8, 4) is 0 Å². The Labute approximate surface area is 106 Å². The van der Waals surface area contributed by atoms with E-state index in [1.807, 2.05) is 18.7 Å². The lowest BCUT2D eigenvalue weighted by molar-refractivity contribution is -0.00479. The lowest BCUT2D eigenvalue weighted by Gasteiger charge is -2.49. The smallest absolute Gasteiger partial charge is 0.0946 e. The summed E-state index contributed by atoms with van der Waals surface area (Å²) >= 11 is 0. The fourth-order valence-electron chi connectivity index (χ4n) is 3.11. The quantitative estimate of drug-likeness (QED) is 0.805. The molecule has 1 aromatic heterocycles. The number of rotatable bonds is 3. The van der Waals surface area contributed by atoms with Gasteiger partial charge in [0.25, 0.3) is 0 Å². The van der Waals surface area contributed by atoms with Gasteiger partial charge in [-0.15, -0.1) is 0 Å². The lowest BCUT2D eigenvalue weighted by Crippen LogP contribution is -2.57. The van der Waals surface area contributed by atoms with Crippen LogP contribution in [0.5, 0.6) is 0 Å². The third kappa shape index (κ3) is 3.84. The fourth-order valence-corrected chi connectivity index (χ4v) is 3.11. The zero-order chi connectivity index (χ0) is 13.3. The molecule has 0 aliphatic rings. The molecule has 3 heteroatoms. The molecular weight excluding hydrogens is 210 g/mol. The van der Waals surface area contributed by atoms with E-state index in [1.54, 1.807) is 0 Å². The Morgan fingerprint density at radius 3 is 2.00 bits per heavy atom. The summed E-state index contributed by atoms with van der Waals surface area (Å²) in [6.45, 7) is 17.0. The Morgan fingerprint density at radius 1 is 1.12 bits per heavy atom. The summed E-state index contributed by atoms with van der Waals surface area (Å²) in [5.74, 6) is 0. The second-order valence-corrected chi connectivity index (χ2v) is 6.82. The second kappa shape index (κ2) is 4.81. The minimum Gasteiger partial charge on any atom is -0.336 e. The van der Waals surface area contributed by atoms with Gasteiger partial charge in [-0.2, -0.15) is 0 Å². The van der Waals surface area contributed by atoms with Crippen molar-refractivity contribution < 1.29 is 0 Å². The fraction of sp³-hybridized carbons (Fsp3) is 0.786. The van der Waals surface area contributed by atoms with Crippen LogP contribution in [0.25, 0.3) is 0 Å². The first kappa shape index (κ1) is 14.2. The number of imidazole rings is 1. The topological polar surface area (TPSA) is 21.1 Å². The van der Waals surface area contributed by atoms with Gasteiger partial charge in [0.05, 0.1) is 6.33 Å². The Kier molecular flexibility index (Phi) is 4.03. The molecule has 1 rings (SSSR count). The second-order valence-electron chi connectivity index (χ2n) is 6.82. The summed E-state index contributed by atoms with van der Waals surface area (Å²) in [6.07, 6.45) is 5.76. The van der Waals surface area contributed by atoms with Crippen LogP contribution in [0, 0.1) is 0 Å². The molecule has 1 heterocycles. The molecule has 0 radical (unpaired) electrons. The molecule has 3 nitrogen and oxygen atoms in total. The maximum absolute atomic E-state index is 4.10. The molecule has 98 valence electrons. The van der Waals surface area contributed by atoms with Crippen LogP contribution in [0.2, 0.25) is 0 Å². The number of nitrogens with zero attached hydrogens (tertiary/aromatic N) is 3. The number of hydrogen-bond acceptors (Lipinski definition) is 2. The van der Waals surface area contributed by atoms with Gasteiger partial charge in [-0.1, -0.05) is 0 Å². The summed E-state index contributed by atoms with van der Waals surface area (Å²) < 4.78 is 2.15. The van der Waals surface area contributed by atoms with E-state index in [-0.39, 0.29) is 11.1 Å². The van der Waals surface area contributed by atoms with Crippen LogP contribution >= 0.6 is 0 Å². The number of aromatic nitrogens is 2. The van der Waals surface area contributed by atoms with E-state index < -0.39 is 0 Å². The van der Waals surface area contributed by atoms with Gasteiger partial charge >= 0.3 is 0 Å².